The predicted molar refractivity (Wildman–Crippen MR) is 548 cm³/mol. The lowest BCUT2D eigenvalue weighted by molar-refractivity contribution is -0.141. The lowest BCUT2D eigenvalue weighted by atomic mass is 10.1. The summed E-state index contributed by atoms with van der Waals surface area (Å²) >= 11 is 0. The van der Waals surface area contributed by atoms with Gasteiger partial charge in [0.25, 0.3) is 0 Å². The van der Waals surface area contributed by atoms with Crippen molar-refractivity contribution < 1.29 is 56.2 Å². The molecule has 36 heteroatoms. The van der Waals surface area contributed by atoms with Crippen molar-refractivity contribution in [3.05, 3.63) is 150 Å². The van der Waals surface area contributed by atoms with Gasteiger partial charge in [0.05, 0.1) is 57.0 Å². The number of Topliss-reactive ketones (excluding diaryl/α,β-unsaturated/α-hetero) is 1. The van der Waals surface area contributed by atoms with E-state index in [4.69, 9.17) is 48.0 Å². The molecule has 4 aliphatic rings. The molecule has 0 bridgehead atoms. The molecule has 0 aliphatic carbocycles. The fourth-order valence-electron chi connectivity index (χ4n) is 18.6. The van der Waals surface area contributed by atoms with Gasteiger partial charge >= 0.3 is 11.9 Å². The number of anilines is 4. The van der Waals surface area contributed by atoms with Crippen molar-refractivity contribution in [2.45, 2.75) is 211 Å². The third-order valence-corrected chi connectivity index (χ3v) is 26.2. The van der Waals surface area contributed by atoms with Gasteiger partial charge in [0.1, 0.15) is 51.1 Å². The van der Waals surface area contributed by atoms with Crippen molar-refractivity contribution in [1.82, 2.24) is 97.8 Å². The molecule has 0 radical (unpaired) electrons. The van der Waals surface area contributed by atoms with Crippen molar-refractivity contribution >= 4 is 146 Å². The number of para-hydroxylation sites is 4. The second-order valence-electron chi connectivity index (χ2n) is 35.7. The van der Waals surface area contributed by atoms with Crippen LogP contribution in [0, 0.1) is 23.3 Å². The maximum absolute atomic E-state index is 13.8. The molecular weight excluding hydrogens is 1790 g/mol. The summed E-state index contributed by atoms with van der Waals surface area (Å²) in [5.74, 6) is -4.60. The van der Waals surface area contributed by atoms with Crippen molar-refractivity contribution in [2.75, 3.05) is 154 Å². The first-order valence-corrected chi connectivity index (χ1v) is 48.8. The van der Waals surface area contributed by atoms with E-state index < -0.39 is 47.4 Å². The topological polar surface area (TPSA) is 394 Å². The van der Waals surface area contributed by atoms with Crippen LogP contribution in [0.5, 0.6) is 5.75 Å². The highest BCUT2D eigenvalue weighted by molar-refractivity contribution is 6.10. The minimum atomic E-state index is -1.82. The van der Waals surface area contributed by atoms with Crippen LogP contribution in [0.25, 0.3) is 87.7 Å². The van der Waals surface area contributed by atoms with Gasteiger partial charge in [-0.1, -0.05) is 155 Å². The van der Waals surface area contributed by atoms with Gasteiger partial charge in [-0.3, -0.25) is 48.4 Å². The Morgan fingerprint density at radius 3 is 0.914 bits per heavy atom. The summed E-state index contributed by atoms with van der Waals surface area (Å²) in [6, 6.07) is 32.3. The summed E-state index contributed by atoms with van der Waals surface area (Å²) in [7, 11) is 0. The van der Waals surface area contributed by atoms with Crippen LogP contribution in [-0.2, 0) is 80.6 Å². The van der Waals surface area contributed by atoms with Crippen LogP contribution < -0.4 is 33.0 Å². The Labute approximate surface area is 816 Å². The Kier molecular flexibility index (Phi) is 39.6. The number of benzene rings is 5. The SMILES string of the molecule is C.C.C.CCCCc1nc2c(N)nc3ccccc3c2n1CCN1CCN(C(=O)CCC(=O)CCC)CC1.CCCCc1nc2c(N)nc3ccccc3c2n1CCN1CCN(C(=O)CCC(=O)O)CC1.CCCCc1nc2c(N)nc3ccccc3c2n1CCN1CCN(C(=O)CCC(=O)Oc2c(F)c(F)cc(F)c2F)CC1.CCCCc1nc2c(N)nc3ccccc3c2n1CCN1CCNCC1. The number of ketones is 1. The van der Waals surface area contributed by atoms with Crippen molar-refractivity contribution in [3.8, 4) is 5.75 Å². The maximum atomic E-state index is 13.8. The van der Waals surface area contributed by atoms with E-state index in [1.54, 1.807) is 9.80 Å². The summed E-state index contributed by atoms with van der Waals surface area (Å²) in [5, 5.41) is 16.5. The fraction of sp³-hybridized carbons (Fsp3) is 0.500. The molecule has 32 nitrogen and oxygen atoms in total. The number of nitrogens with one attached hydrogen (secondary N) is 1. The first-order valence-electron chi connectivity index (χ1n) is 48.8. The third kappa shape index (κ3) is 26.3. The number of piperazine rings is 4. The summed E-state index contributed by atoms with van der Waals surface area (Å²) in [4.78, 5) is 125. The number of carboxylic acid groups (broad SMARTS) is 1. The maximum Gasteiger partial charge on any atom is 0.311 e. The zero-order valence-corrected chi connectivity index (χ0v) is 79.6. The number of unbranched alkanes of at least 4 members (excludes halogenated alkanes) is 4. The molecule has 0 spiro atoms. The Morgan fingerprint density at radius 2 is 0.629 bits per heavy atom. The number of aromatic nitrogens is 12. The monoisotopic (exact) mass is 1930 g/mol. The molecule has 4 aliphatic heterocycles. The van der Waals surface area contributed by atoms with Crippen LogP contribution in [0.15, 0.2) is 103 Å². The number of fused-ring (bicyclic) bond motifs is 12. The van der Waals surface area contributed by atoms with E-state index in [1.165, 1.54) is 0 Å². The third-order valence-electron chi connectivity index (χ3n) is 26.2. The van der Waals surface area contributed by atoms with Crippen molar-refractivity contribution in [2.24, 2.45) is 0 Å². The number of aryl methyl sites for hydroxylation is 4. The zero-order chi connectivity index (χ0) is 96.8. The molecule has 10 N–H and O–H groups in total. The molecular formula is C104H142F4N24O8. The average molecular weight is 1930 g/mol. The summed E-state index contributed by atoms with van der Waals surface area (Å²) < 4.78 is 68.0. The summed E-state index contributed by atoms with van der Waals surface area (Å²) in [6.45, 7) is 29.8. The van der Waals surface area contributed by atoms with E-state index in [2.05, 4.69) is 120 Å². The van der Waals surface area contributed by atoms with Gasteiger partial charge in [-0.05, 0) is 56.4 Å². The lowest BCUT2D eigenvalue weighted by Gasteiger charge is -2.35. The number of carboxylic acids is 1. The highest BCUT2D eigenvalue weighted by Crippen LogP contribution is 2.36. The van der Waals surface area contributed by atoms with Gasteiger partial charge in [-0.25, -0.2) is 48.7 Å². The molecule has 5 aromatic carbocycles. The van der Waals surface area contributed by atoms with Crippen LogP contribution in [0.3, 0.4) is 0 Å². The number of hydrogen-bond donors (Lipinski definition) is 6. The molecule has 754 valence electrons. The number of nitrogens with zero attached hydrogens (tertiary/aromatic N) is 19. The number of halogens is 4. The highest BCUT2D eigenvalue weighted by atomic mass is 19.2. The second-order valence-corrected chi connectivity index (χ2v) is 35.7. The van der Waals surface area contributed by atoms with E-state index in [1.807, 2.05) is 84.6 Å². The Morgan fingerprint density at radius 1 is 0.350 bits per heavy atom. The van der Waals surface area contributed by atoms with Crippen LogP contribution in [0.2, 0.25) is 0 Å². The number of carbonyl (C=O) groups is 6. The van der Waals surface area contributed by atoms with Crippen LogP contribution in [0.1, 0.15) is 183 Å². The Hall–Kier alpha value is -12.6. The lowest BCUT2D eigenvalue weighted by Crippen LogP contribution is -2.49. The number of hydrogen-bond acceptors (Lipinski definition) is 24. The fourth-order valence-corrected chi connectivity index (χ4v) is 18.6. The number of carbonyl (C=O) groups excluding carboxylic acids is 5. The van der Waals surface area contributed by atoms with Crippen LogP contribution in [0.4, 0.5) is 40.8 Å². The van der Waals surface area contributed by atoms with E-state index in [0.717, 1.165) is 287 Å². The molecule has 4 saturated heterocycles. The summed E-state index contributed by atoms with van der Waals surface area (Å²) in [6.07, 6.45) is 13.6. The molecule has 4 fully saturated rings. The van der Waals surface area contributed by atoms with E-state index >= 15 is 0 Å². The predicted octanol–water partition coefficient (Wildman–Crippen LogP) is 15.2. The smallest absolute Gasteiger partial charge is 0.311 e. The number of amides is 3. The number of pyridine rings is 4. The molecule has 17 rings (SSSR count). The number of rotatable bonds is 36. The number of esters is 1. The van der Waals surface area contributed by atoms with E-state index in [0.29, 0.717) is 107 Å². The second kappa shape index (κ2) is 51.5. The Balaban J connectivity index is 0.000000180. The molecule has 12 heterocycles. The number of ether oxygens (including phenoxy) is 1. The first kappa shape index (κ1) is 108. The number of nitrogen functional groups attached to an aromatic ring is 4. The first-order chi connectivity index (χ1) is 66.4. The van der Waals surface area contributed by atoms with Gasteiger partial charge in [0, 0.05) is 242 Å². The minimum absolute atomic E-state index is 0. The molecule has 8 aromatic heterocycles. The molecule has 140 heavy (non-hydrogen) atoms. The molecule has 13 aromatic rings. The van der Waals surface area contributed by atoms with Crippen molar-refractivity contribution in [1.29, 1.82) is 0 Å². The highest BCUT2D eigenvalue weighted by Gasteiger charge is 2.31. The minimum Gasteiger partial charge on any atom is -0.481 e. The molecule has 3 amide bonds. The normalized spacial score (nSPS) is 14.5. The van der Waals surface area contributed by atoms with Gasteiger partial charge in [-0.15, -0.1) is 0 Å². The van der Waals surface area contributed by atoms with Crippen molar-refractivity contribution in [3.63, 3.8) is 0 Å². The number of nitrogens with two attached hydrogens (primary N) is 4. The number of aliphatic carboxylic acids is 1. The van der Waals surface area contributed by atoms with Gasteiger partial charge < -0.3 is 71.1 Å². The van der Waals surface area contributed by atoms with Crippen LogP contribution >= 0.6 is 0 Å². The molecule has 0 atom stereocenters. The molecule has 0 saturated carbocycles. The summed E-state index contributed by atoms with van der Waals surface area (Å²) in [5.41, 5.74) is 36.1. The average Bonchev–Trinajstić information content (AvgIpc) is 1.61. The largest absolute Gasteiger partial charge is 0.481 e. The van der Waals surface area contributed by atoms with Crippen LogP contribution in [-0.4, -0.2) is 264 Å². The Bertz CT molecular complexity index is 6390. The standard InChI is InChI=1S/C30H32F4N6O3.C27H38N6O2.C24H32N6O3.C20H28N6.3CH4/c1-2-3-8-22-37-27-28(18-6-4-5-7-21(18)36-30(27)35)40(22)16-13-38-11-14-39(15-12-38)23(41)9-10-24(42)43-29-25(33)19(31)17-20(32)26(29)34;1-3-5-11-23-30-25-26(21-9-6-7-10-22(21)29-27(25)28)33(23)19-16-31-14-17-32(18-15-31)24(35)13-12-20(34)8-4-2;1-2-3-8-19-27-22-23(17-6-4-5-7-18(17)26-24(22)25)30(19)16-13-28-11-14-29(15-12-28)20(31)9-10-21(32)33;1-2-3-8-17-24-18-19(15-6-4-5-7-16(15)23-20(18)21)26(17)14-13-25-11-9-22-10-12-25;;;/h4-7,17H,2-3,8-16H2,1H3,(H2,35,36);6-7,9-10H,3-5,8,11-19H2,1-2H3,(H2,28,29);4-7H,2-3,8-16H2,1H3,(H2,25,26)(H,32,33);4-7,22H,2-3,8-14H2,1H3,(H2,21,23);3*1H4. The molecule has 0 unspecified atom stereocenters. The van der Waals surface area contributed by atoms with Gasteiger partial charge in [-0.2, -0.15) is 8.78 Å². The van der Waals surface area contributed by atoms with Gasteiger partial charge in [0.2, 0.25) is 35.1 Å². The van der Waals surface area contributed by atoms with Gasteiger partial charge in [0.15, 0.2) is 34.9 Å². The quantitative estimate of drug-likeness (QED) is 0.00919. The van der Waals surface area contributed by atoms with E-state index in [9.17, 15) is 46.3 Å². The number of imidazole rings is 4. The zero-order valence-electron chi connectivity index (χ0n) is 79.6. The van der Waals surface area contributed by atoms with E-state index in [-0.39, 0.29) is 71.1 Å².